The SMILES string of the molecule is CC.CC.CC(C)C1CCCN(C)C1. The number of hydrogen-bond acceptors (Lipinski definition) is 1. The molecule has 88 valence electrons. The summed E-state index contributed by atoms with van der Waals surface area (Å²) in [6.07, 6.45) is 2.85. The first kappa shape index (κ1) is 16.4. The van der Waals surface area contributed by atoms with Gasteiger partial charge >= 0.3 is 0 Å². The molecule has 0 spiro atoms. The Kier molecular flexibility index (Phi) is 12.9. The zero-order valence-corrected chi connectivity index (χ0v) is 11.4. The van der Waals surface area contributed by atoms with Crippen LogP contribution in [0, 0.1) is 11.8 Å². The van der Waals surface area contributed by atoms with Gasteiger partial charge in [-0.25, -0.2) is 0 Å². The summed E-state index contributed by atoms with van der Waals surface area (Å²) in [7, 11) is 2.23. The summed E-state index contributed by atoms with van der Waals surface area (Å²) >= 11 is 0. The molecule has 0 radical (unpaired) electrons. The molecule has 1 heteroatoms. The van der Waals surface area contributed by atoms with E-state index in [1.165, 1.54) is 25.9 Å². The Balaban J connectivity index is 0. The lowest BCUT2D eigenvalue weighted by atomic mass is 9.88. The number of likely N-dealkylation sites (tertiary alicyclic amines) is 1. The van der Waals surface area contributed by atoms with Gasteiger partial charge in [0.05, 0.1) is 0 Å². The Bertz CT molecular complexity index is 99.4. The predicted octanol–water partition coefficient (Wildman–Crippen LogP) is 4.04. The van der Waals surface area contributed by atoms with Crippen molar-refractivity contribution in [1.82, 2.24) is 4.90 Å². The third-order valence-corrected chi connectivity index (χ3v) is 2.60. The lowest BCUT2D eigenvalue weighted by molar-refractivity contribution is 0.173. The molecule has 0 amide bonds. The normalized spacial score (nSPS) is 21.9. The highest BCUT2D eigenvalue weighted by Gasteiger charge is 2.19. The highest BCUT2D eigenvalue weighted by atomic mass is 15.1. The molecular formula is C13H31N. The summed E-state index contributed by atoms with van der Waals surface area (Å²) < 4.78 is 0. The largest absolute Gasteiger partial charge is 0.306 e. The maximum absolute atomic E-state index is 2.45. The van der Waals surface area contributed by atoms with E-state index in [2.05, 4.69) is 25.8 Å². The van der Waals surface area contributed by atoms with Crippen LogP contribution in [-0.4, -0.2) is 25.0 Å². The molecule has 0 saturated carbocycles. The van der Waals surface area contributed by atoms with Crippen molar-refractivity contribution in [2.24, 2.45) is 11.8 Å². The van der Waals surface area contributed by atoms with Crippen LogP contribution in [0.2, 0.25) is 0 Å². The van der Waals surface area contributed by atoms with Crippen LogP contribution in [0.3, 0.4) is 0 Å². The summed E-state index contributed by atoms with van der Waals surface area (Å²) in [6.45, 7) is 15.3. The third-order valence-electron chi connectivity index (χ3n) is 2.60. The van der Waals surface area contributed by atoms with Gasteiger partial charge < -0.3 is 4.90 Å². The van der Waals surface area contributed by atoms with Gasteiger partial charge in [0.15, 0.2) is 0 Å². The maximum Gasteiger partial charge on any atom is 0.000906 e. The molecule has 0 bridgehead atoms. The van der Waals surface area contributed by atoms with E-state index in [-0.39, 0.29) is 0 Å². The molecule has 0 N–H and O–H groups in total. The predicted molar refractivity (Wildman–Crippen MR) is 67.8 cm³/mol. The van der Waals surface area contributed by atoms with E-state index >= 15 is 0 Å². The van der Waals surface area contributed by atoms with Crippen molar-refractivity contribution in [3.05, 3.63) is 0 Å². The van der Waals surface area contributed by atoms with Crippen LogP contribution in [0.15, 0.2) is 0 Å². The Hall–Kier alpha value is -0.0400. The summed E-state index contributed by atoms with van der Waals surface area (Å²) in [5, 5.41) is 0. The summed E-state index contributed by atoms with van der Waals surface area (Å²) in [5.41, 5.74) is 0. The number of piperidine rings is 1. The molecule has 0 aromatic carbocycles. The molecular weight excluding hydrogens is 170 g/mol. The van der Waals surface area contributed by atoms with Crippen molar-refractivity contribution < 1.29 is 0 Å². The number of hydrogen-bond donors (Lipinski definition) is 0. The second-order valence-corrected chi connectivity index (χ2v) is 3.91. The van der Waals surface area contributed by atoms with Crippen LogP contribution in [-0.2, 0) is 0 Å². The molecule has 0 aliphatic carbocycles. The van der Waals surface area contributed by atoms with Gasteiger partial charge in [-0.15, -0.1) is 0 Å². The highest BCUT2D eigenvalue weighted by molar-refractivity contribution is 4.72. The van der Waals surface area contributed by atoms with Gasteiger partial charge in [0.2, 0.25) is 0 Å². The third kappa shape index (κ3) is 7.37. The fourth-order valence-electron chi connectivity index (χ4n) is 1.75. The summed E-state index contributed by atoms with van der Waals surface area (Å²) in [4.78, 5) is 2.45. The minimum Gasteiger partial charge on any atom is -0.306 e. The van der Waals surface area contributed by atoms with Crippen LogP contribution in [0.4, 0.5) is 0 Å². The Labute approximate surface area is 91.9 Å². The van der Waals surface area contributed by atoms with Gasteiger partial charge in [0.25, 0.3) is 0 Å². The average Bonchev–Trinajstić information content (AvgIpc) is 2.24. The minimum absolute atomic E-state index is 0.878. The van der Waals surface area contributed by atoms with Gasteiger partial charge in [0, 0.05) is 6.54 Å². The van der Waals surface area contributed by atoms with Crippen LogP contribution >= 0.6 is 0 Å². The van der Waals surface area contributed by atoms with Gasteiger partial charge in [-0.2, -0.15) is 0 Å². The van der Waals surface area contributed by atoms with Crippen LogP contribution in [0.25, 0.3) is 0 Å². The Morgan fingerprint density at radius 3 is 1.86 bits per heavy atom. The van der Waals surface area contributed by atoms with Crippen molar-refractivity contribution in [3.8, 4) is 0 Å². The maximum atomic E-state index is 2.45. The van der Waals surface area contributed by atoms with Crippen LogP contribution in [0.5, 0.6) is 0 Å². The zero-order valence-electron chi connectivity index (χ0n) is 11.4. The molecule has 1 nitrogen and oxygen atoms in total. The van der Waals surface area contributed by atoms with Crippen molar-refractivity contribution in [2.45, 2.75) is 54.4 Å². The van der Waals surface area contributed by atoms with Gasteiger partial charge in [0.1, 0.15) is 0 Å². The molecule has 0 aromatic rings. The van der Waals surface area contributed by atoms with E-state index in [0.29, 0.717) is 0 Å². The molecule has 1 fully saturated rings. The number of nitrogens with zero attached hydrogens (tertiary/aromatic N) is 1. The van der Waals surface area contributed by atoms with E-state index in [9.17, 15) is 0 Å². The van der Waals surface area contributed by atoms with E-state index in [4.69, 9.17) is 0 Å². The van der Waals surface area contributed by atoms with Crippen molar-refractivity contribution in [1.29, 1.82) is 0 Å². The minimum atomic E-state index is 0.878. The molecule has 14 heavy (non-hydrogen) atoms. The fraction of sp³-hybridized carbons (Fsp3) is 1.00. The summed E-state index contributed by atoms with van der Waals surface area (Å²) in [5.74, 6) is 1.83. The van der Waals surface area contributed by atoms with Crippen molar-refractivity contribution in [3.63, 3.8) is 0 Å². The Morgan fingerprint density at radius 2 is 1.57 bits per heavy atom. The van der Waals surface area contributed by atoms with E-state index in [1.54, 1.807) is 0 Å². The molecule has 1 aliphatic rings. The smallest absolute Gasteiger partial charge is 0.000906 e. The van der Waals surface area contributed by atoms with Gasteiger partial charge in [-0.1, -0.05) is 41.5 Å². The second kappa shape index (κ2) is 11.0. The lowest BCUT2D eigenvalue weighted by Crippen LogP contribution is -2.34. The van der Waals surface area contributed by atoms with E-state index in [0.717, 1.165) is 11.8 Å². The van der Waals surface area contributed by atoms with Gasteiger partial charge in [-0.3, -0.25) is 0 Å². The lowest BCUT2D eigenvalue weighted by Gasteiger charge is -2.31. The molecule has 1 heterocycles. The van der Waals surface area contributed by atoms with Crippen molar-refractivity contribution in [2.75, 3.05) is 20.1 Å². The Morgan fingerprint density at radius 1 is 1.07 bits per heavy atom. The average molecular weight is 201 g/mol. The first-order valence-corrected chi connectivity index (χ1v) is 6.38. The van der Waals surface area contributed by atoms with Crippen molar-refractivity contribution >= 4 is 0 Å². The van der Waals surface area contributed by atoms with Crippen LogP contribution in [0.1, 0.15) is 54.4 Å². The highest BCUT2D eigenvalue weighted by Crippen LogP contribution is 2.21. The molecule has 1 rings (SSSR count). The monoisotopic (exact) mass is 201 g/mol. The van der Waals surface area contributed by atoms with Gasteiger partial charge in [-0.05, 0) is 38.3 Å². The topological polar surface area (TPSA) is 3.24 Å². The second-order valence-electron chi connectivity index (χ2n) is 3.91. The quantitative estimate of drug-likeness (QED) is 0.619. The first-order chi connectivity index (χ1) is 6.70. The standard InChI is InChI=1S/C9H19N.2C2H6/c1-8(2)9-5-4-6-10(3)7-9;2*1-2/h8-9H,4-7H2,1-3H3;2*1-2H3. The molecule has 1 saturated heterocycles. The fourth-order valence-corrected chi connectivity index (χ4v) is 1.75. The van der Waals surface area contributed by atoms with E-state index < -0.39 is 0 Å². The number of rotatable bonds is 1. The first-order valence-electron chi connectivity index (χ1n) is 6.38. The molecule has 0 aromatic heterocycles. The molecule has 1 unspecified atom stereocenters. The summed E-state index contributed by atoms with van der Waals surface area (Å²) in [6, 6.07) is 0. The molecule has 1 aliphatic heterocycles. The molecule has 1 atom stereocenters. The van der Waals surface area contributed by atoms with Crippen LogP contribution < -0.4 is 0 Å². The van der Waals surface area contributed by atoms with E-state index in [1.807, 2.05) is 27.7 Å². The zero-order chi connectivity index (χ0) is 11.6.